The van der Waals surface area contributed by atoms with E-state index in [1.165, 1.54) is 19.3 Å². The molecule has 1 heterocycles. The normalized spacial score (nSPS) is 25.4. The van der Waals surface area contributed by atoms with Gasteiger partial charge in [0.25, 0.3) is 0 Å². The van der Waals surface area contributed by atoms with Crippen LogP contribution in [0.5, 0.6) is 5.88 Å². The van der Waals surface area contributed by atoms with E-state index in [1.807, 2.05) is 0 Å². The van der Waals surface area contributed by atoms with Crippen molar-refractivity contribution in [2.75, 3.05) is 0 Å². The van der Waals surface area contributed by atoms with Gasteiger partial charge in [-0.15, -0.1) is 0 Å². The molecule has 1 saturated carbocycles. The minimum atomic E-state index is 0.274. The molecule has 0 aliphatic heterocycles. The van der Waals surface area contributed by atoms with Crippen molar-refractivity contribution < 1.29 is 4.74 Å². The van der Waals surface area contributed by atoms with Gasteiger partial charge in [0.05, 0.1) is 0 Å². The number of hydrogen-bond donors (Lipinski definition) is 1. The molecular weight excluding hydrogens is 202 g/mol. The first-order valence-electron chi connectivity index (χ1n) is 5.98. The average molecular weight is 221 g/mol. The maximum absolute atomic E-state index is 5.94. The Labute approximate surface area is 96.2 Å². The molecule has 2 rings (SSSR count). The lowest BCUT2D eigenvalue weighted by molar-refractivity contribution is 0.0958. The molecule has 2 N–H and O–H groups in total. The third kappa shape index (κ3) is 2.50. The van der Waals surface area contributed by atoms with Gasteiger partial charge >= 0.3 is 0 Å². The van der Waals surface area contributed by atoms with Gasteiger partial charge in [-0.25, -0.2) is 4.98 Å². The molecule has 2 unspecified atom stereocenters. The molecule has 4 nitrogen and oxygen atoms in total. The molecule has 1 aliphatic rings. The van der Waals surface area contributed by atoms with Gasteiger partial charge in [0.15, 0.2) is 0 Å². The van der Waals surface area contributed by atoms with E-state index in [1.54, 1.807) is 12.4 Å². The van der Waals surface area contributed by atoms with E-state index in [9.17, 15) is 0 Å². The summed E-state index contributed by atoms with van der Waals surface area (Å²) in [4.78, 5) is 8.39. The Bertz CT molecular complexity index is 343. The van der Waals surface area contributed by atoms with Crippen LogP contribution in [0.3, 0.4) is 0 Å². The Balaban J connectivity index is 2.07. The van der Waals surface area contributed by atoms with Gasteiger partial charge in [-0.1, -0.05) is 13.3 Å². The largest absolute Gasteiger partial charge is 0.473 e. The van der Waals surface area contributed by atoms with Gasteiger partial charge in [-0.2, -0.15) is 0 Å². The second-order valence-corrected chi connectivity index (χ2v) is 4.43. The Hall–Kier alpha value is -1.16. The zero-order valence-electron chi connectivity index (χ0n) is 9.72. The van der Waals surface area contributed by atoms with Crippen LogP contribution in [-0.2, 0) is 6.54 Å². The van der Waals surface area contributed by atoms with E-state index in [-0.39, 0.29) is 6.10 Å². The van der Waals surface area contributed by atoms with Crippen LogP contribution in [0.4, 0.5) is 0 Å². The van der Waals surface area contributed by atoms with Crippen molar-refractivity contribution in [1.29, 1.82) is 0 Å². The fourth-order valence-electron chi connectivity index (χ4n) is 2.19. The molecule has 1 fully saturated rings. The maximum atomic E-state index is 5.94. The number of hydrogen-bond acceptors (Lipinski definition) is 4. The molecule has 88 valence electrons. The van der Waals surface area contributed by atoms with Crippen molar-refractivity contribution in [3.63, 3.8) is 0 Å². The fourth-order valence-corrected chi connectivity index (χ4v) is 2.19. The third-order valence-electron chi connectivity index (χ3n) is 3.22. The molecular formula is C12H19N3O. The number of rotatable bonds is 3. The van der Waals surface area contributed by atoms with Crippen LogP contribution in [0.2, 0.25) is 0 Å². The second-order valence-electron chi connectivity index (χ2n) is 4.43. The number of aromatic nitrogens is 2. The molecule has 1 aliphatic carbocycles. The highest BCUT2D eigenvalue weighted by atomic mass is 16.5. The average Bonchev–Trinajstić information content (AvgIpc) is 2.33. The Morgan fingerprint density at radius 3 is 2.81 bits per heavy atom. The molecule has 0 spiro atoms. The van der Waals surface area contributed by atoms with Crippen LogP contribution in [0, 0.1) is 5.92 Å². The molecule has 4 heteroatoms. The minimum Gasteiger partial charge on any atom is -0.473 e. The van der Waals surface area contributed by atoms with Gasteiger partial charge < -0.3 is 10.5 Å². The van der Waals surface area contributed by atoms with Crippen molar-refractivity contribution in [1.82, 2.24) is 9.97 Å². The summed E-state index contributed by atoms with van der Waals surface area (Å²) in [6.07, 6.45) is 8.49. The number of nitrogens with two attached hydrogens (primary N) is 1. The van der Waals surface area contributed by atoms with Crippen molar-refractivity contribution in [2.24, 2.45) is 11.7 Å². The van der Waals surface area contributed by atoms with Crippen LogP contribution < -0.4 is 10.5 Å². The fraction of sp³-hybridized carbons (Fsp3) is 0.667. The third-order valence-corrected chi connectivity index (χ3v) is 3.22. The predicted octanol–water partition coefficient (Wildman–Crippen LogP) is 1.89. The first-order chi connectivity index (χ1) is 7.81. The standard InChI is InChI=1S/C12H19N3O/c1-9-4-2-3-5-11(9)16-12-10(8-13)14-6-7-15-12/h6-7,9,11H,2-5,8,13H2,1H3. The van der Waals surface area contributed by atoms with Gasteiger partial charge in [-0.05, 0) is 25.2 Å². The van der Waals surface area contributed by atoms with E-state index in [2.05, 4.69) is 16.9 Å². The topological polar surface area (TPSA) is 61.0 Å². The highest BCUT2D eigenvalue weighted by molar-refractivity contribution is 5.17. The van der Waals surface area contributed by atoms with E-state index in [4.69, 9.17) is 10.5 Å². The van der Waals surface area contributed by atoms with Crippen LogP contribution in [-0.4, -0.2) is 16.1 Å². The maximum Gasteiger partial charge on any atom is 0.237 e. The summed E-state index contributed by atoms with van der Waals surface area (Å²) >= 11 is 0. The van der Waals surface area contributed by atoms with E-state index in [0.29, 0.717) is 18.3 Å². The first kappa shape index (κ1) is 11.3. The van der Waals surface area contributed by atoms with Crippen molar-refractivity contribution >= 4 is 0 Å². The zero-order chi connectivity index (χ0) is 11.4. The van der Waals surface area contributed by atoms with Crippen LogP contribution in [0.25, 0.3) is 0 Å². The monoisotopic (exact) mass is 221 g/mol. The van der Waals surface area contributed by atoms with E-state index < -0.39 is 0 Å². The summed E-state index contributed by atoms with van der Waals surface area (Å²) < 4.78 is 5.94. The van der Waals surface area contributed by atoms with Crippen LogP contribution >= 0.6 is 0 Å². The molecule has 0 aromatic carbocycles. The SMILES string of the molecule is CC1CCCCC1Oc1nccnc1CN. The zero-order valence-corrected chi connectivity index (χ0v) is 9.72. The van der Waals surface area contributed by atoms with Crippen molar-refractivity contribution in [2.45, 2.75) is 45.3 Å². The summed E-state index contributed by atoms with van der Waals surface area (Å²) in [5.74, 6) is 1.21. The quantitative estimate of drug-likeness (QED) is 0.846. The molecule has 1 aromatic heterocycles. The second kappa shape index (κ2) is 5.25. The summed E-state index contributed by atoms with van der Waals surface area (Å²) in [6.45, 7) is 2.62. The molecule has 2 atom stereocenters. The van der Waals surface area contributed by atoms with Crippen molar-refractivity contribution in [3.05, 3.63) is 18.1 Å². The van der Waals surface area contributed by atoms with E-state index >= 15 is 0 Å². The van der Waals surface area contributed by atoms with Gasteiger partial charge in [0, 0.05) is 18.9 Å². The van der Waals surface area contributed by atoms with Crippen molar-refractivity contribution in [3.8, 4) is 5.88 Å². The summed E-state index contributed by atoms with van der Waals surface area (Å²) in [7, 11) is 0. The van der Waals surface area contributed by atoms with E-state index in [0.717, 1.165) is 12.1 Å². The summed E-state index contributed by atoms with van der Waals surface area (Å²) in [5.41, 5.74) is 6.36. The molecule has 0 amide bonds. The highest BCUT2D eigenvalue weighted by Gasteiger charge is 2.24. The Kier molecular flexibility index (Phi) is 3.72. The first-order valence-corrected chi connectivity index (χ1v) is 5.98. The minimum absolute atomic E-state index is 0.274. The predicted molar refractivity (Wildman–Crippen MR) is 62.0 cm³/mol. The Morgan fingerprint density at radius 2 is 2.06 bits per heavy atom. The smallest absolute Gasteiger partial charge is 0.237 e. The summed E-state index contributed by atoms with van der Waals surface area (Å²) in [6, 6.07) is 0. The Morgan fingerprint density at radius 1 is 1.31 bits per heavy atom. The molecule has 1 aromatic rings. The summed E-state index contributed by atoms with van der Waals surface area (Å²) in [5, 5.41) is 0. The molecule has 0 radical (unpaired) electrons. The molecule has 16 heavy (non-hydrogen) atoms. The molecule has 0 bridgehead atoms. The van der Waals surface area contributed by atoms with Gasteiger partial charge in [0.2, 0.25) is 5.88 Å². The number of nitrogens with zero attached hydrogens (tertiary/aromatic N) is 2. The van der Waals surface area contributed by atoms with Crippen LogP contribution in [0.15, 0.2) is 12.4 Å². The lowest BCUT2D eigenvalue weighted by atomic mass is 9.88. The highest BCUT2D eigenvalue weighted by Crippen LogP contribution is 2.27. The van der Waals surface area contributed by atoms with Crippen LogP contribution in [0.1, 0.15) is 38.3 Å². The lowest BCUT2D eigenvalue weighted by Gasteiger charge is -2.29. The molecule has 0 saturated heterocycles. The lowest BCUT2D eigenvalue weighted by Crippen LogP contribution is -2.29. The van der Waals surface area contributed by atoms with Gasteiger partial charge in [0.1, 0.15) is 11.8 Å². The van der Waals surface area contributed by atoms with Gasteiger partial charge in [-0.3, -0.25) is 4.98 Å². The number of ether oxygens (including phenoxy) is 1.